The summed E-state index contributed by atoms with van der Waals surface area (Å²) < 4.78 is 0. The normalized spacial score (nSPS) is 28.6. The Balaban J connectivity index is 1.91. The summed E-state index contributed by atoms with van der Waals surface area (Å²) >= 11 is 0. The average Bonchev–Trinajstić information content (AvgIpc) is 2.87. The van der Waals surface area contributed by atoms with Gasteiger partial charge in [0.25, 0.3) is 0 Å². The number of amides is 1. The van der Waals surface area contributed by atoms with Gasteiger partial charge in [-0.3, -0.25) is 4.79 Å². The molecule has 0 aliphatic carbocycles. The lowest BCUT2D eigenvalue weighted by molar-refractivity contribution is -0.138. The molecule has 0 aromatic heterocycles. The van der Waals surface area contributed by atoms with E-state index in [1.807, 2.05) is 30.3 Å². The van der Waals surface area contributed by atoms with Gasteiger partial charge < -0.3 is 20.4 Å². The van der Waals surface area contributed by atoms with Gasteiger partial charge in [0.15, 0.2) is 0 Å². The number of likely N-dealkylation sites (tertiary alicyclic amines) is 1. The molecule has 1 amide bonds. The highest BCUT2D eigenvalue weighted by Crippen LogP contribution is 2.36. The number of aliphatic hydroxyl groups excluding tert-OH is 2. The maximum atomic E-state index is 13.1. The largest absolute Gasteiger partial charge is 0.388 e. The molecular formula is C16H22N2O3. The number of nitrogens with one attached hydrogen (secondary N) is 1. The maximum absolute atomic E-state index is 13.1. The van der Waals surface area contributed by atoms with Gasteiger partial charge in [0.05, 0.1) is 17.6 Å². The predicted molar refractivity (Wildman–Crippen MR) is 78.8 cm³/mol. The molecule has 2 aliphatic rings. The predicted octanol–water partition coefficient (Wildman–Crippen LogP) is -0.128. The first-order chi connectivity index (χ1) is 10.1. The van der Waals surface area contributed by atoms with Crippen molar-refractivity contribution < 1.29 is 15.0 Å². The van der Waals surface area contributed by atoms with E-state index in [9.17, 15) is 15.0 Å². The third-order valence-electron chi connectivity index (χ3n) is 4.74. The van der Waals surface area contributed by atoms with Gasteiger partial charge in [0, 0.05) is 13.1 Å². The van der Waals surface area contributed by atoms with Crippen LogP contribution in [0.2, 0.25) is 0 Å². The molecule has 3 rings (SSSR count). The minimum Gasteiger partial charge on any atom is -0.388 e. The zero-order valence-electron chi connectivity index (χ0n) is 12.0. The molecule has 0 unspecified atom stereocenters. The number of piperidine rings is 1. The first-order valence-corrected chi connectivity index (χ1v) is 7.55. The SMILES string of the molecule is O=C(N1C[C@@H](O)[C@@H](O)C1)C1(c2ccccc2)CCNCC1. The number of carbonyl (C=O) groups is 1. The standard InChI is InChI=1S/C16H22N2O3/c19-13-10-18(11-14(13)20)15(21)16(6-8-17-9-7-16)12-4-2-1-3-5-12/h1-5,13-14,17,19-20H,6-11H2/t13-,14+. The van der Waals surface area contributed by atoms with Crippen LogP contribution in [-0.2, 0) is 10.2 Å². The summed E-state index contributed by atoms with van der Waals surface area (Å²) in [5.41, 5.74) is 0.503. The topological polar surface area (TPSA) is 72.8 Å². The van der Waals surface area contributed by atoms with E-state index < -0.39 is 17.6 Å². The zero-order chi connectivity index (χ0) is 14.9. The molecule has 2 aliphatic heterocycles. The maximum Gasteiger partial charge on any atom is 0.233 e. The Hall–Kier alpha value is -1.43. The van der Waals surface area contributed by atoms with Crippen molar-refractivity contribution in [3.8, 4) is 0 Å². The molecule has 114 valence electrons. The molecule has 1 aromatic carbocycles. The second-order valence-electron chi connectivity index (χ2n) is 6.04. The Bertz CT molecular complexity index is 490. The van der Waals surface area contributed by atoms with Crippen molar-refractivity contribution in [3.05, 3.63) is 35.9 Å². The quantitative estimate of drug-likeness (QED) is 0.709. The molecule has 5 heteroatoms. The van der Waals surface area contributed by atoms with Gasteiger partial charge in [-0.2, -0.15) is 0 Å². The third kappa shape index (κ3) is 2.57. The van der Waals surface area contributed by atoms with E-state index in [0.717, 1.165) is 31.5 Å². The number of aliphatic hydroxyl groups is 2. The highest BCUT2D eigenvalue weighted by Gasteiger charge is 2.46. The monoisotopic (exact) mass is 290 g/mol. The molecule has 2 heterocycles. The minimum atomic E-state index is -0.830. The minimum absolute atomic E-state index is 0.0331. The van der Waals surface area contributed by atoms with E-state index in [4.69, 9.17) is 0 Å². The Kier molecular flexibility index (Phi) is 3.97. The zero-order valence-corrected chi connectivity index (χ0v) is 12.0. The van der Waals surface area contributed by atoms with Crippen molar-refractivity contribution in [2.45, 2.75) is 30.5 Å². The van der Waals surface area contributed by atoms with Crippen LogP contribution in [0.5, 0.6) is 0 Å². The number of β-amino-alcohol motifs (C(OH)–C–C–N with tert-alkyl or cyclic N) is 2. The lowest BCUT2D eigenvalue weighted by Crippen LogP contribution is -2.51. The van der Waals surface area contributed by atoms with Gasteiger partial charge in [-0.1, -0.05) is 30.3 Å². The van der Waals surface area contributed by atoms with Crippen molar-refractivity contribution in [2.24, 2.45) is 0 Å². The Labute approximate surface area is 124 Å². The highest BCUT2D eigenvalue weighted by molar-refractivity contribution is 5.89. The number of hydrogen-bond acceptors (Lipinski definition) is 4. The smallest absolute Gasteiger partial charge is 0.233 e. The van der Waals surface area contributed by atoms with E-state index in [2.05, 4.69) is 5.32 Å². The molecule has 0 spiro atoms. The second kappa shape index (κ2) is 5.75. The summed E-state index contributed by atoms with van der Waals surface area (Å²) in [7, 11) is 0. The van der Waals surface area contributed by atoms with Gasteiger partial charge in [-0.25, -0.2) is 0 Å². The van der Waals surface area contributed by atoms with Crippen molar-refractivity contribution >= 4 is 5.91 Å². The fourth-order valence-corrected chi connectivity index (χ4v) is 3.47. The number of benzene rings is 1. The molecule has 0 bridgehead atoms. The van der Waals surface area contributed by atoms with Crippen molar-refractivity contribution in [1.82, 2.24) is 10.2 Å². The van der Waals surface area contributed by atoms with Crippen LogP contribution in [0.25, 0.3) is 0 Å². The molecule has 2 atom stereocenters. The lowest BCUT2D eigenvalue weighted by atomic mass is 9.72. The summed E-state index contributed by atoms with van der Waals surface area (Å²) in [5.74, 6) is 0.0331. The molecular weight excluding hydrogens is 268 g/mol. The van der Waals surface area contributed by atoms with Crippen LogP contribution >= 0.6 is 0 Å². The first-order valence-electron chi connectivity index (χ1n) is 7.55. The summed E-state index contributed by atoms with van der Waals surface area (Å²) in [6.07, 6.45) is -0.163. The summed E-state index contributed by atoms with van der Waals surface area (Å²) in [6, 6.07) is 9.88. The van der Waals surface area contributed by atoms with Crippen LogP contribution < -0.4 is 5.32 Å². The third-order valence-corrected chi connectivity index (χ3v) is 4.74. The Morgan fingerprint density at radius 3 is 2.24 bits per heavy atom. The highest BCUT2D eigenvalue weighted by atomic mass is 16.3. The second-order valence-corrected chi connectivity index (χ2v) is 6.04. The van der Waals surface area contributed by atoms with Crippen LogP contribution in [-0.4, -0.2) is 59.4 Å². The summed E-state index contributed by atoms with van der Waals surface area (Å²) in [4.78, 5) is 14.7. The lowest BCUT2D eigenvalue weighted by Gasteiger charge is -2.39. The fourth-order valence-electron chi connectivity index (χ4n) is 3.47. The van der Waals surface area contributed by atoms with Crippen LogP contribution in [0, 0.1) is 0 Å². The summed E-state index contributed by atoms with van der Waals surface area (Å²) in [5, 5.41) is 22.7. The van der Waals surface area contributed by atoms with Crippen LogP contribution in [0.4, 0.5) is 0 Å². The van der Waals surface area contributed by atoms with E-state index in [0.29, 0.717) is 0 Å². The molecule has 5 nitrogen and oxygen atoms in total. The number of rotatable bonds is 2. The van der Waals surface area contributed by atoms with Crippen LogP contribution in [0.15, 0.2) is 30.3 Å². The summed E-state index contributed by atoms with van der Waals surface area (Å²) in [6.45, 7) is 2.06. The van der Waals surface area contributed by atoms with Crippen LogP contribution in [0.1, 0.15) is 18.4 Å². The van der Waals surface area contributed by atoms with Gasteiger partial charge >= 0.3 is 0 Å². The van der Waals surface area contributed by atoms with Gasteiger partial charge in [-0.15, -0.1) is 0 Å². The van der Waals surface area contributed by atoms with Crippen molar-refractivity contribution in [2.75, 3.05) is 26.2 Å². The Morgan fingerprint density at radius 2 is 1.67 bits per heavy atom. The van der Waals surface area contributed by atoms with Crippen molar-refractivity contribution in [1.29, 1.82) is 0 Å². The first kappa shape index (κ1) is 14.5. The van der Waals surface area contributed by atoms with E-state index in [-0.39, 0.29) is 19.0 Å². The molecule has 3 N–H and O–H groups in total. The molecule has 2 fully saturated rings. The van der Waals surface area contributed by atoms with Gasteiger partial charge in [0.2, 0.25) is 5.91 Å². The number of nitrogens with zero attached hydrogens (tertiary/aromatic N) is 1. The Morgan fingerprint density at radius 1 is 1.10 bits per heavy atom. The molecule has 2 saturated heterocycles. The number of hydrogen-bond donors (Lipinski definition) is 3. The fraction of sp³-hybridized carbons (Fsp3) is 0.562. The molecule has 0 saturated carbocycles. The average molecular weight is 290 g/mol. The van der Waals surface area contributed by atoms with E-state index in [1.54, 1.807) is 4.90 Å². The number of carbonyl (C=O) groups excluding carboxylic acids is 1. The van der Waals surface area contributed by atoms with Gasteiger partial charge in [0.1, 0.15) is 0 Å². The van der Waals surface area contributed by atoms with Crippen LogP contribution in [0.3, 0.4) is 0 Å². The van der Waals surface area contributed by atoms with E-state index >= 15 is 0 Å². The molecule has 0 radical (unpaired) electrons. The molecule has 1 aromatic rings. The van der Waals surface area contributed by atoms with Crippen molar-refractivity contribution in [3.63, 3.8) is 0 Å². The van der Waals surface area contributed by atoms with Gasteiger partial charge in [-0.05, 0) is 31.5 Å². The molecule has 21 heavy (non-hydrogen) atoms. The van der Waals surface area contributed by atoms with E-state index in [1.165, 1.54) is 0 Å².